The second kappa shape index (κ2) is 4.39. The second-order valence-electron chi connectivity index (χ2n) is 7.69. The molecule has 3 aliphatic carbocycles. The molecule has 104 valence electrons. The van der Waals surface area contributed by atoms with Gasteiger partial charge < -0.3 is 4.55 Å². The average molecular weight is 269 g/mol. The third kappa shape index (κ3) is 1.94. The molecule has 3 aliphatic rings. The lowest BCUT2D eigenvalue weighted by Crippen LogP contribution is -2.53. The summed E-state index contributed by atoms with van der Waals surface area (Å²) in [5, 5.41) is 0. The van der Waals surface area contributed by atoms with E-state index in [2.05, 4.69) is 25.5 Å². The standard InChI is InChI=1S/C15H27NOS/c1-14(2,3)18(17)16-13-11-6-7-12(10-11)15(13)8-4-5-9-15/h11-13,16H,4-10H2,1-3H3. The van der Waals surface area contributed by atoms with Crippen LogP contribution in [0, 0.1) is 17.3 Å². The molecule has 3 rings (SSSR count). The van der Waals surface area contributed by atoms with Gasteiger partial charge in [0.1, 0.15) is 4.75 Å². The van der Waals surface area contributed by atoms with E-state index < -0.39 is 11.4 Å². The highest BCUT2D eigenvalue weighted by Gasteiger charge is 2.60. The van der Waals surface area contributed by atoms with E-state index in [1.807, 2.05) is 0 Å². The van der Waals surface area contributed by atoms with E-state index in [0.717, 1.165) is 11.8 Å². The number of rotatable bonds is 2. The van der Waals surface area contributed by atoms with Gasteiger partial charge in [0.2, 0.25) is 0 Å². The molecule has 2 nitrogen and oxygen atoms in total. The van der Waals surface area contributed by atoms with E-state index in [9.17, 15) is 4.55 Å². The predicted octanol–water partition coefficient (Wildman–Crippen LogP) is 3.40. The van der Waals surface area contributed by atoms with Crippen LogP contribution < -0.4 is 4.72 Å². The minimum atomic E-state index is -0.901. The van der Waals surface area contributed by atoms with Crippen LogP contribution in [0.5, 0.6) is 0 Å². The number of hydrogen-bond donors (Lipinski definition) is 1. The molecule has 0 aromatic carbocycles. The maximum absolute atomic E-state index is 12.4. The van der Waals surface area contributed by atoms with Crippen molar-refractivity contribution in [3.05, 3.63) is 0 Å². The van der Waals surface area contributed by atoms with Gasteiger partial charge >= 0.3 is 0 Å². The Balaban J connectivity index is 1.78. The zero-order valence-corrected chi connectivity index (χ0v) is 12.8. The molecule has 4 unspecified atom stereocenters. The fourth-order valence-electron chi connectivity index (χ4n) is 4.82. The lowest BCUT2D eigenvalue weighted by molar-refractivity contribution is 0.128. The molecular formula is C15H27NOS. The fraction of sp³-hybridized carbons (Fsp3) is 1.00. The summed E-state index contributed by atoms with van der Waals surface area (Å²) in [6.07, 6.45) is 9.75. The quantitative estimate of drug-likeness (QED) is 0.780. The maximum Gasteiger partial charge on any atom is 0.136 e. The summed E-state index contributed by atoms with van der Waals surface area (Å²) in [7, 11) is 0. The summed E-state index contributed by atoms with van der Waals surface area (Å²) in [6, 6.07) is 0.541. The van der Waals surface area contributed by atoms with E-state index in [-0.39, 0.29) is 4.75 Å². The Labute approximate surface area is 115 Å². The van der Waals surface area contributed by atoms with E-state index in [0.29, 0.717) is 11.5 Å². The van der Waals surface area contributed by atoms with Crippen molar-refractivity contribution in [2.75, 3.05) is 0 Å². The molecule has 0 aliphatic heterocycles. The Morgan fingerprint density at radius 1 is 1.17 bits per heavy atom. The van der Waals surface area contributed by atoms with E-state index in [1.165, 1.54) is 44.9 Å². The second-order valence-corrected chi connectivity index (χ2v) is 9.68. The molecule has 3 fully saturated rings. The smallest absolute Gasteiger partial charge is 0.136 e. The van der Waals surface area contributed by atoms with Crippen molar-refractivity contribution >= 4 is 11.4 Å². The maximum atomic E-state index is 12.4. The zero-order chi connectivity index (χ0) is 13.0. The van der Waals surface area contributed by atoms with E-state index in [1.54, 1.807) is 0 Å². The van der Waals surface area contributed by atoms with Crippen LogP contribution in [0.4, 0.5) is 0 Å². The molecule has 2 bridgehead atoms. The van der Waals surface area contributed by atoms with Gasteiger partial charge in [0.05, 0.1) is 6.04 Å². The molecule has 1 N–H and O–H groups in total. The van der Waals surface area contributed by atoms with Crippen molar-refractivity contribution in [3.8, 4) is 0 Å². The fourth-order valence-corrected chi connectivity index (χ4v) is 5.83. The van der Waals surface area contributed by atoms with Gasteiger partial charge in [-0.25, -0.2) is 0 Å². The SMILES string of the molecule is CC(C)(C)[S+]([O-])NC1C2CCC(C2)C12CCCC2. The van der Waals surface area contributed by atoms with Crippen LogP contribution in [0.3, 0.4) is 0 Å². The Morgan fingerprint density at radius 3 is 2.44 bits per heavy atom. The zero-order valence-electron chi connectivity index (χ0n) is 12.0. The molecule has 4 atom stereocenters. The minimum Gasteiger partial charge on any atom is -0.598 e. The molecule has 3 heteroatoms. The molecule has 0 aromatic rings. The van der Waals surface area contributed by atoms with Gasteiger partial charge in [-0.1, -0.05) is 12.8 Å². The van der Waals surface area contributed by atoms with E-state index in [4.69, 9.17) is 0 Å². The Hall–Kier alpha value is 0.270. The van der Waals surface area contributed by atoms with Gasteiger partial charge in [0.25, 0.3) is 0 Å². The van der Waals surface area contributed by atoms with Gasteiger partial charge in [0, 0.05) is 11.4 Å². The summed E-state index contributed by atoms with van der Waals surface area (Å²) in [5.74, 6) is 1.74. The van der Waals surface area contributed by atoms with Crippen molar-refractivity contribution in [3.63, 3.8) is 0 Å². The van der Waals surface area contributed by atoms with Crippen molar-refractivity contribution in [2.45, 2.75) is 76.5 Å². The van der Waals surface area contributed by atoms with Crippen LogP contribution in [0.15, 0.2) is 0 Å². The highest BCUT2D eigenvalue weighted by Crippen LogP contribution is 2.62. The molecule has 3 saturated carbocycles. The van der Waals surface area contributed by atoms with Crippen LogP contribution in [0.25, 0.3) is 0 Å². The molecule has 1 spiro atoms. The summed E-state index contributed by atoms with van der Waals surface area (Å²) in [5.41, 5.74) is 0.518. The lowest BCUT2D eigenvalue weighted by Gasteiger charge is -2.42. The largest absolute Gasteiger partial charge is 0.598 e. The minimum absolute atomic E-state index is 0.137. The topological polar surface area (TPSA) is 35.1 Å². The first-order chi connectivity index (χ1) is 8.43. The molecule has 0 amide bonds. The molecule has 0 saturated heterocycles. The summed E-state index contributed by atoms with van der Waals surface area (Å²) >= 11 is -0.901. The van der Waals surface area contributed by atoms with Gasteiger partial charge in [-0.3, -0.25) is 0 Å². The monoisotopic (exact) mass is 269 g/mol. The van der Waals surface area contributed by atoms with Crippen molar-refractivity contribution < 1.29 is 4.55 Å². The number of hydrogen-bond acceptors (Lipinski definition) is 2. The molecule has 18 heavy (non-hydrogen) atoms. The first-order valence-corrected chi connectivity index (χ1v) is 8.76. The van der Waals surface area contributed by atoms with Crippen LogP contribution in [0.2, 0.25) is 0 Å². The number of fused-ring (bicyclic) bond motifs is 3. The number of nitrogens with one attached hydrogen (secondary N) is 1. The predicted molar refractivity (Wildman–Crippen MR) is 76.6 cm³/mol. The molecular weight excluding hydrogens is 242 g/mol. The summed E-state index contributed by atoms with van der Waals surface area (Å²) < 4.78 is 15.9. The van der Waals surface area contributed by atoms with Gasteiger partial charge in [-0.15, -0.1) is 4.72 Å². The van der Waals surface area contributed by atoms with Gasteiger partial charge in [-0.2, -0.15) is 0 Å². The highest BCUT2D eigenvalue weighted by atomic mass is 32.2. The van der Waals surface area contributed by atoms with Crippen molar-refractivity contribution in [2.24, 2.45) is 17.3 Å². The van der Waals surface area contributed by atoms with Crippen molar-refractivity contribution in [1.82, 2.24) is 4.72 Å². The van der Waals surface area contributed by atoms with Gasteiger partial charge in [0.15, 0.2) is 0 Å². The Kier molecular flexibility index (Phi) is 3.23. The third-order valence-corrected chi connectivity index (χ3v) is 7.28. The lowest BCUT2D eigenvalue weighted by atomic mass is 9.69. The van der Waals surface area contributed by atoms with Crippen LogP contribution in [-0.4, -0.2) is 15.3 Å². The van der Waals surface area contributed by atoms with Gasteiger partial charge in [-0.05, 0) is 70.1 Å². The average Bonchev–Trinajstić information content (AvgIpc) is 2.97. The molecule has 0 aromatic heterocycles. The van der Waals surface area contributed by atoms with Crippen LogP contribution >= 0.6 is 0 Å². The highest BCUT2D eigenvalue weighted by molar-refractivity contribution is 7.90. The third-order valence-electron chi connectivity index (χ3n) is 5.70. The van der Waals surface area contributed by atoms with Crippen LogP contribution in [0.1, 0.15) is 65.7 Å². The first kappa shape index (κ1) is 13.3. The summed E-state index contributed by atoms with van der Waals surface area (Å²) in [4.78, 5) is 0. The normalized spacial score (nSPS) is 39.7. The van der Waals surface area contributed by atoms with Crippen LogP contribution in [-0.2, 0) is 11.4 Å². The first-order valence-electron chi connectivity index (χ1n) is 7.61. The van der Waals surface area contributed by atoms with E-state index >= 15 is 0 Å². The Morgan fingerprint density at radius 2 is 1.83 bits per heavy atom. The summed E-state index contributed by atoms with van der Waals surface area (Å²) in [6.45, 7) is 6.22. The van der Waals surface area contributed by atoms with Crippen molar-refractivity contribution in [1.29, 1.82) is 0 Å². The molecule has 0 radical (unpaired) electrons. The Bertz CT molecular complexity index is 319. The molecule has 0 heterocycles.